The number of hydrogen-bond acceptors (Lipinski definition) is 4. The minimum Gasteiger partial charge on any atom is -0.461 e. The van der Waals surface area contributed by atoms with Crippen LogP contribution in [0.3, 0.4) is 0 Å². The van der Waals surface area contributed by atoms with E-state index in [1.807, 2.05) is 84.9 Å². The summed E-state index contributed by atoms with van der Waals surface area (Å²) in [6.45, 7) is 2.05. The molecule has 4 aromatic carbocycles. The molecule has 1 heterocycles. The molecule has 0 aliphatic rings. The summed E-state index contributed by atoms with van der Waals surface area (Å²) in [5.74, 6) is 0.0698. The summed E-state index contributed by atoms with van der Waals surface area (Å²) in [6, 6.07) is 40.2. The molecular formula is C31H26NO3P. The van der Waals surface area contributed by atoms with Gasteiger partial charge in [0, 0.05) is 27.4 Å². The predicted octanol–water partition coefficient (Wildman–Crippen LogP) is 6.51. The number of rotatable bonds is 7. The Balaban J connectivity index is 1.85. The third-order valence-corrected chi connectivity index (χ3v) is 9.51. The molecule has 0 spiro atoms. The number of nitrogens with zero attached hydrogens (tertiary/aromatic N) is 1. The standard InChI is InChI=1S/C31H26NO3P/c1-2-34-31(33)29(23-25-22-24-14-12-13-21-30(24)35-25)32-36(26-15-6-3-7-16-26,27-17-8-4-9-18-27)28-19-10-5-11-20-28/h3-23H,2H2,1H3/b29-23-. The van der Waals surface area contributed by atoms with Gasteiger partial charge in [0.1, 0.15) is 11.3 Å². The lowest BCUT2D eigenvalue weighted by Crippen LogP contribution is -2.26. The van der Waals surface area contributed by atoms with Gasteiger partial charge in [-0.05, 0) is 19.1 Å². The summed E-state index contributed by atoms with van der Waals surface area (Å²) >= 11 is 0. The van der Waals surface area contributed by atoms with Crippen LogP contribution in [0.2, 0.25) is 0 Å². The maximum absolute atomic E-state index is 13.3. The topological polar surface area (TPSA) is 51.8 Å². The van der Waals surface area contributed by atoms with Gasteiger partial charge in [-0.1, -0.05) is 109 Å². The minimum atomic E-state index is -2.64. The molecule has 0 unspecified atom stereocenters. The van der Waals surface area contributed by atoms with E-state index in [1.54, 1.807) is 13.0 Å². The van der Waals surface area contributed by atoms with Crippen molar-refractivity contribution >= 4 is 46.0 Å². The fourth-order valence-electron chi connectivity index (χ4n) is 4.26. The van der Waals surface area contributed by atoms with E-state index in [2.05, 4.69) is 36.4 Å². The van der Waals surface area contributed by atoms with E-state index in [0.717, 1.165) is 26.9 Å². The monoisotopic (exact) mass is 491 g/mol. The summed E-state index contributed by atoms with van der Waals surface area (Å²) < 4.78 is 16.8. The Labute approximate surface area is 210 Å². The van der Waals surface area contributed by atoms with Crippen molar-refractivity contribution in [3.63, 3.8) is 0 Å². The Bertz CT molecular complexity index is 1420. The van der Waals surface area contributed by atoms with E-state index in [9.17, 15) is 4.79 Å². The van der Waals surface area contributed by atoms with E-state index in [4.69, 9.17) is 13.9 Å². The zero-order valence-electron chi connectivity index (χ0n) is 20.0. The number of fused-ring (bicyclic) bond motifs is 1. The molecule has 0 aliphatic heterocycles. The molecule has 5 heteroatoms. The first-order chi connectivity index (χ1) is 17.7. The van der Waals surface area contributed by atoms with Crippen molar-refractivity contribution in [2.45, 2.75) is 6.92 Å². The van der Waals surface area contributed by atoms with Crippen LogP contribution in [0.4, 0.5) is 0 Å². The number of ether oxygens (including phenoxy) is 1. The molecule has 178 valence electrons. The van der Waals surface area contributed by atoms with Crippen LogP contribution in [-0.2, 0) is 9.53 Å². The molecule has 0 aliphatic carbocycles. The van der Waals surface area contributed by atoms with Crippen LogP contribution in [0.1, 0.15) is 12.7 Å². The second-order valence-corrected chi connectivity index (χ2v) is 11.2. The normalized spacial score (nSPS) is 11.9. The molecule has 0 radical (unpaired) electrons. The van der Waals surface area contributed by atoms with Crippen LogP contribution in [0, 0.1) is 0 Å². The Morgan fingerprint density at radius 1 is 0.778 bits per heavy atom. The number of carbonyl (C=O) groups excluding carboxylic acids is 1. The van der Waals surface area contributed by atoms with Crippen molar-refractivity contribution in [1.29, 1.82) is 0 Å². The van der Waals surface area contributed by atoms with E-state index in [0.29, 0.717) is 5.76 Å². The average molecular weight is 492 g/mol. The first-order valence-corrected chi connectivity index (χ1v) is 13.6. The molecule has 5 aromatic rings. The molecule has 1 aromatic heterocycles. The van der Waals surface area contributed by atoms with Crippen molar-refractivity contribution in [3.8, 4) is 0 Å². The Morgan fingerprint density at radius 2 is 1.28 bits per heavy atom. The lowest BCUT2D eigenvalue weighted by molar-refractivity contribution is -0.138. The third-order valence-electron chi connectivity index (χ3n) is 5.86. The smallest absolute Gasteiger partial charge is 0.356 e. The van der Waals surface area contributed by atoms with Gasteiger partial charge in [-0.15, -0.1) is 0 Å². The summed E-state index contributed by atoms with van der Waals surface area (Å²) in [4.78, 5) is 13.3. The number of carbonyl (C=O) groups is 1. The SMILES string of the molecule is CCOC(=O)/C(=C/c1cc2ccccc2o1)N=P(c1ccccc1)(c1ccccc1)c1ccccc1. The van der Waals surface area contributed by atoms with Gasteiger partial charge in [0.15, 0.2) is 5.70 Å². The molecule has 0 saturated heterocycles. The molecule has 0 saturated carbocycles. The molecule has 5 rings (SSSR count). The number of para-hydroxylation sites is 1. The number of hydrogen-bond donors (Lipinski definition) is 0. The van der Waals surface area contributed by atoms with Crippen molar-refractivity contribution < 1.29 is 13.9 Å². The van der Waals surface area contributed by atoms with Gasteiger partial charge in [0.2, 0.25) is 0 Å². The zero-order valence-corrected chi connectivity index (χ0v) is 20.8. The highest BCUT2D eigenvalue weighted by molar-refractivity contribution is 7.87. The van der Waals surface area contributed by atoms with Gasteiger partial charge in [0.05, 0.1) is 13.7 Å². The van der Waals surface area contributed by atoms with Crippen LogP contribution in [-0.4, -0.2) is 12.6 Å². The maximum Gasteiger partial charge on any atom is 0.356 e. The second-order valence-electron chi connectivity index (χ2n) is 8.18. The van der Waals surface area contributed by atoms with E-state index in [1.165, 1.54) is 0 Å². The third kappa shape index (κ3) is 4.68. The quantitative estimate of drug-likeness (QED) is 0.148. The number of benzene rings is 4. The van der Waals surface area contributed by atoms with Crippen LogP contribution >= 0.6 is 7.05 Å². The van der Waals surface area contributed by atoms with Crippen molar-refractivity contribution in [2.24, 2.45) is 4.74 Å². The Kier molecular flexibility index (Phi) is 6.97. The van der Waals surface area contributed by atoms with Crippen LogP contribution < -0.4 is 15.9 Å². The second kappa shape index (κ2) is 10.6. The average Bonchev–Trinajstić information content (AvgIpc) is 3.35. The highest BCUT2D eigenvalue weighted by Crippen LogP contribution is 2.48. The summed E-state index contributed by atoms with van der Waals surface area (Å²) in [7, 11) is -2.64. The highest BCUT2D eigenvalue weighted by atomic mass is 31.2. The fourth-order valence-corrected chi connectivity index (χ4v) is 7.77. The molecule has 36 heavy (non-hydrogen) atoms. The molecular weight excluding hydrogens is 465 g/mol. The summed E-state index contributed by atoms with van der Waals surface area (Å²) in [5, 5.41) is 4.09. The van der Waals surface area contributed by atoms with E-state index < -0.39 is 13.0 Å². The van der Waals surface area contributed by atoms with Gasteiger partial charge in [0.25, 0.3) is 0 Å². The zero-order chi connectivity index (χ0) is 24.8. The lowest BCUT2D eigenvalue weighted by Gasteiger charge is -2.27. The van der Waals surface area contributed by atoms with Gasteiger partial charge in [-0.2, -0.15) is 0 Å². The van der Waals surface area contributed by atoms with Gasteiger partial charge < -0.3 is 9.15 Å². The molecule has 0 fully saturated rings. The predicted molar refractivity (Wildman–Crippen MR) is 148 cm³/mol. The van der Waals surface area contributed by atoms with Crippen molar-refractivity contribution in [2.75, 3.05) is 6.61 Å². The van der Waals surface area contributed by atoms with Crippen LogP contribution in [0.5, 0.6) is 0 Å². The van der Waals surface area contributed by atoms with E-state index in [-0.39, 0.29) is 12.3 Å². The molecule has 4 nitrogen and oxygen atoms in total. The van der Waals surface area contributed by atoms with Gasteiger partial charge >= 0.3 is 5.97 Å². The Hall–Kier alpha value is -4.14. The molecule has 0 atom stereocenters. The first-order valence-electron chi connectivity index (χ1n) is 11.9. The fraction of sp³-hybridized carbons (Fsp3) is 0.0645. The molecule has 0 bridgehead atoms. The first kappa shape index (κ1) is 23.6. The summed E-state index contributed by atoms with van der Waals surface area (Å²) in [6.07, 6.45) is 1.70. The van der Waals surface area contributed by atoms with E-state index >= 15 is 0 Å². The number of esters is 1. The van der Waals surface area contributed by atoms with Crippen molar-refractivity contribution in [1.82, 2.24) is 0 Å². The minimum absolute atomic E-state index is 0.223. The summed E-state index contributed by atoms with van der Waals surface area (Å²) in [5.41, 5.74) is 0.975. The number of furan rings is 1. The van der Waals surface area contributed by atoms with Crippen LogP contribution in [0.25, 0.3) is 17.0 Å². The van der Waals surface area contributed by atoms with Gasteiger partial charge in [-0.3, -0.25) is 0 Å². The lowest BCUT2D eigenvalue weighted by atomic mass is 10.2. The van der Waals surface area contributed by atoms with Crippen molar-refractivity contribution in [3.05, 3.63) is 133 Å². The maximum atomic E-state index is 13.3. The highest BCUT2D eigenvalue weighted by Gasteiger charge is 2.29. The van der Waals surface area contributed by atoms with Crippen LogP contribution in [0.15, 0.2) is 136 Å². The molecule has 0 N–H and O–H groups in total. The van der Waals surface area contributed by atoms with Gasteiger partial charge in [-0.25, -0.2) is 9.54 Å². The Morgan fingerprint density at radius 3 is 1.78 bits per heavy atom. The molecule has 0 amide bonds. The largest absolute Gasteiger partial charge is 0.461 e.